The number of benzene rings is 2. The van der Waals surface area contributed by atoms with Gasteiger partial charge in [-0.15, -0.1) is 0 Å². The van der Waals surface area contributed by atoms with Crippen LogP contribution < -0.4 is 10.6 Å². The molecule has 0 bridgehead atoms. The molecule has 0 saturated carbocycles. The lowest BCUT2D eigenvalue weighted by Crippen LogP contribution is -2.11. The molecule has 104 valence electrons. The second-order valence-electron chi connectivity index (χ2n) is 3.73. The van der Waals surface area contributed by atoms with Crippen LogP contribution in [0.5, 0.6) is 0 Å². The van der Waals surface area contributed by atoms with Crippen LogP contribution in [0.4, 0.5) is 0 Å². The van der Waals surface area contributed by atoms with Crippen LogP contribution in [0.15, 0.2) is 24.3 Å². The monoisotopic (exact) mass is 405 g/mol. The normalized spacial score (nSPS) is 10.7. The topological polar surface area (TPSA) is 17.1 Å². The van der Waals surface area contributed by atoms with Crippen LogP contribution in [0, 0.1) is 0 Å². The summed E-state index contributed by atoms with van der Waals surface area (Å²) in [6.45, 7) is 0. The van der Waals surface area contributed by atoms with Crippen molar-refractivity contribution in [1.29, 1.82) is 0 Å². The summed E-state index contributed by atoms with van der Waals surface area (Å²) in [4.78, 5) is 0. The van der Waals surface area contributed by atoms with Gasteiger partial charge in [0.1, 0.15) is 0 Å². The van der Waals surface area contributed by atoms with Crippen LogP contribution >= 0.6 is 77.4 Å². The molecule has 0 aliphatic rings. The van der Waals surface area contributed by atoms with Crippen LogP contribution in [-0.4, -0.2) is 0 Å². The Balaban J connectivity index is 2.64. The smallest absolute Gasteiger partial charge is 0.0842 e. The van der Waals surface area contributed by atoms with E-state index in [2.05, 4.69) is 0 Å². The molecule has 0 heterocycles. The highest BCUT2D eigenvalue weighted by atomic mass is 35.5. The van der Waals surface area contributed by atoms with E-state index >= 15 is 0 Å². The largest absolute Gasteiger partial charge is 0.421 e. The third-order valence-corrected chi connectivity index (χ3v) is 6.30. The summed E-state index contributed by atoms with van der Waals surface area (Å²) in [6, 6.07) is 5.81. The molecule has 0 aliphatic heterocycles. The summed E-state index contributed by atoms with van der Waals surface area (Å²) in [5, 5.41) is 1.91. The Labute approximate surface area is 146 Å². The standard InChI is InChI=1S/C12H4Cl6OP/c13-5-1-7(15)11(8(16)2-5)20(19)12-9(17)3-6(14)4-10(12)18/h1-4H/q+1. The van der Waals surface area contributed by atoms with Gasteiger partial charge in [0.15, 0.2) is 0 Å². The Morgan fingerprint density at radius 3 is 1.10 bits per heavy atom. The molecule has 0 unspecified atom stereocenters. The van der Waals surface area contributed by atoms with E-state index in [4.69, 9.17) is 69.6 Å². The quantitative estimate of drug-likeness (QED) is 0.527. The van der Waals surface area contributed by atoms with E-state index in [-0.39, 0.29) is 30.7 Å². The summed E-state index contributed by atoms with van der Waals surface area (Å²) in [6.07, 6.45) is 0. The van der Waals surface area contributed by atoms with Gasteiger partial charge >= 0.3 is 7.80 Å². The summed E-state index contributed by atoms with van der Waals surface area (Å²) in [5.41, 5.74) is 0. The van der Waals surface area contributed by atoms with E-state index in [1.807, 2.05) is 0 Å². The van der Waals surface area contributed by atoms with E-state index in [0.29, 0.717) is 10.0 Å². The van der Waals surface area contributed by atoms with Gasteiger partial charge in [-0.1, -0.05) is 74.2 Å². The minimum Gasteiger partial charge on any atom is -0.0842 e. The van der Waals surface area contributed by atoms with Crippen molar-refractivity contribution in [3.8, 4) is 0 Å². The van der Waals surface area contributed by atoms with Gasteiger partial charge in [0, 0.05) is 10.0 Å². The molecule has 2 aromatic rings. The summed E-state index contributed by atoms with van der Waals surface area (Å²) < 4.78 is 12.7. The van der Waals surface area contributed by atoms with Crippen molar-refractivity contribution in [3.05, 3.63) is 54.4 Å². The zero-order chi connectivity index (χ0) is 15.0. The van der Waals surface area contributed by atoms with E-state index in [0.717, 1.165) is 0 Å². The van der Waals surface area contributed by atoms with Crippen LogP contribution in [0.25, 0.3) is 0 Å². The molecule has 0 aromatic heterocycles. The van der Waals surface area contributed by atoms with Gasteiger partial charge in [-0.05, 0) is 24.3 Å². The minimum atomic E-state index is -2.17. The number of hydrogen-bond acceptors (Lipinski definition) is 1. The molecule has 0 saturated heterocycles. The van der Waals surface area contributed by atoms with Crippen molar-refractivity contribution >= 4 is 88.0 Å². The molecule has 0 N–H and O–H groups in total. The SMILES string of the molecule is O=[P+](c1c(Cl)cc(Cl)cc1Cl)c1c(Cl)cc(Cl)cc1Cl. The van der Waals surface area contributed by atoms with E-state index in [9.17, 15) is 4.57 Å². The highest BCUT2D eigenvalue weighted by Gasteiger charge is 2.35. The Hall–Kier alpha value is 0.280. The summed E-state index contributed by atoms with van der Waals surface area (Å²) >= 11 is 35.8. The molecule has 1 nitrogen and oxygen atoms in total. The second kappa shape index (κ2) is 6.58. The van der Waals surface area contributed by atoms with Gasteiger partial charge in [0.05, 0.1) is 20.1 Å². The van der Waals surface area contributed by atoms with E-state index in [1.165, 1.54) is 24.3 Å². The predicted octanol–water partition coefficient (Wildman–Crippen LogP) is 6.39. The Morgan fingerprint density at radius 1 is 0.600 bits per heavy atom. The summed E-state index contributed by atoms with van der Waals surface area (Å²) in [5.74, 6) is 0. The third kappa shape index (κ3) is 3.36. The van der Waals surface area contributed by atoms with E-state index in [1.54, 1.807) is 0 Å². The van der Waals surface area contributed by atoms with Crippen LogP contribution in [0.1, 0.15) is 0 Å². The van der Waals surface area contributed by atoms with Gasteiger partial charge in [-0.3, -0.25) is 0 Å². The first-order valence-corrected chi connectivity index (χ1v) is 8.60. The number of hydrogen-bond donors (Lipinski definition) is 0. The van der Waals surface area contributed by atoms with Crippen molar-refractivity contribution in [2.75, 3.05) is 0 Å². The fourth-order valence-electron chi connectivity index (χ4n) is 1.57. The van der Waals surface area contributed by atoms with Crippen LogP contribution in [0.2, 0.25) is 30.1 Å². The number of rotatable bonds is 2. The van der Waals surface area contributed by atoms with Gasteiger partial charge in [-0.2, -0.15) is 0 Å². The van der Waals surface area contributed by atoms with Crippen molar-refractivity contribution in [2.24, 2.45) is 0 Å². The van der Waals surface area contributed by atoms with Crippen LogP contribution in [-0.2, 0) is 4.57 Å². The molecular weight excluding hydrogens is 404 g/mol. The average molecular weight is 408 g/mol. The molecule has 2 aromatic carbocycles. The van der Waals surface area contributed by atoms with Crippen LogP contribution in [0.3, 0.4) is 0 Å². The molecule has 20 heavy (non-hydrogen) atoms. The second-order valence-corrected chi connectivity index (χ2v) is 7.72. The molecule has 0 amide bonds. The molecule has 8 heteroatoms. The van der Waals surface area contributed by atoms with Gasteiger partial charge in [0.2, 0.25) is 10.6 Å². The maximum absolute atomic E-state index is 12.7. The maximum atomic E-state index is 12.7. The lowest BCUT2D eigenvalue weighted by Gasteiger charge is -2.01. The molecular formula is C12H4Cl6OP+. The predicted molar refractivity (Wildman–Crippen MR) is 89.8 cm³/mol. The van der Waals surface area contributed by atoms with Crippen molar-refractivity contribution < 1.29 is 4.57 Å². The lowest BCUT2D eigenvalue weighted by molar-refractivity contribution is 0.598. The average Bonchev–Trinajstić information content (AvgIpc) is 2.25. The molecule has 0 spiro atoms. The molecule has 2 rings (SSSR count). The first-order valence-electron chi connectivity index (χ1n) is 5.07. The Bertz CT molecular complexity index is 610. The van der Waals surface area contributed by atoms with E-state index < -0.39 is 7.80 Å². The van der Waals surface area contributed by atoms with Crippen molar-refractivity contribution in [3.63, 3.8) is 0 Å². The Kier molecular flexibility index (Phi) is 5.48. The Morgan fingerprint density at radius 2 is 0.850 bits per heavy atom. The lowest BCUT2D eigenvalue weighted by atomic mass is 10.3. The zero-order valence-corrected chi connectivity index (χ0v) is 14.9. The molecule has 0 atom stereocenters. The minimum absolute atomic E-state index is 0.186. The highest BCUT2D eigenvalue weighted by molar-refractivity contribution is 7.62. The van der Waals surface area contributed by atoms with Gasteiger partial charge in [-0.25, -0.2) is 0 Å². The first-order chi connectivity index (χ1) is 9.31. The molecule has 0 fully saturated rings. The van der Waals surface area contributed by atoms with Gasteiger partial charge < -0.3 is 0 Å². The number of halogens is 6. The first kappa shape index (κ1) is 16.6. The summed E-state index contributed by atoms with van der Waals surface area (Å²) in [7, 11) is -2.17. The fraction of sp³-hybridized carbons (Fsp3) is 0. The zero-order valence-electron chi connectivity index (χ0n) is 9.43. The van der Waals surface area contributed by atoms with Gasteiger partial charge in [0.25, 0.3) is 0 Å². The third-order valence-electron chi connectivity index (χ3n) is 2.37. The fourth-order valence-corrected chi connectivity index (χ4v) is 5.38. The van der Waals surface area contributed by atoms with Crippen molar-refractivity contribution in [1.82, 2.24) is 0 Å². The molecule has 0 radical (unpaired) electrons. The highest BCUT2D eigenvalue weighted by Crippen LogP contribution is 2.36. The van der Waals surface area contributed by atoms with Crippen molar-refractivity contribution in [2.45, 2.75) is 0 Å². The molecule has 0 aliphatic carbocycles. The maximum Gasteiger partial charge on any atom is 0.421 e.